The Bertz CT molecular complexity index is 650. The van der Waals surface area contributed by atoms with E-state index in [0.717, 1.165) is 0 Å². The van der Waals surface area contributed by atoms with Gasteiger partial charge < -0.3 is 15.7 Å². The van der Waals surface area contributed by atoms with Gasteiger partial charge in [-0.05, 0) is 25.0 Å². The monoisotopic (exact) mass is 342 g/mol. The number of primary amides is 1. The van der Waals surface area contributed by atoms with Gasteiger partial charge in [-0.2, -0.15) is 0 Å². The predicted molar refractivity (Wildman–Crippen MR) is 82.9 cm³/mol. The lowest BCUT2D eigenvalue weighted by atomic mass is 9.88. The summed E-state index contributed by atoms with van der Waals surface area (Å²) in [7, 11) is 0. The quantitative estimate of drug-likeness (QED) is 0.864. The maximum atomic E-state index is 12.2. The molecule has 5 nitrogen and oxygen atoms in total. The summed E-state index contributed by atoms with van der Waals surface area (Å²) in [6.07, 6.45) is 1.37. The Balaban J connectivity index is 1.88. The molecule has 3 rings (SSSR count). The number of aromatic hydroxyl groups is 1. The predicted octanol–water partition coefficient (Wildman–Crippen LogP) is 2.28. The molecule has 0 aromatic heterocycles. The van der Waals surface area contributed by atoms with Gasteiger partial charge in [0.2, 0.25) is 11.8 Å². The van der Waals surface area contributed by atoms with Crippen LogP contribution >= 0.6 is 23.2 Å². The van der Waals surface area contributed by atoms with Crippen LogP contribution in [0.2, 0.25) is 10.0 Å². The summed E-state index contributed by atoms with van der Waals surface area (Å²) in [4.78, 5) is 25.3. The number of halogens is 2. The molecular weight excluding hydrogens is 327 g/mol. The maximum Gasteiger partial charge on any atom is 0.223 e. The van der Waals surface area contributed by atoms with Gasteiger partial charge in [-0.25, -0.2) is 0 Å². The van der Waals surface area contributed by atoms with Gasteiger partial charge in [-0.1, -0.05) is 23.2 Å². The van der Waals surface area contributed by atoms with Gasteiger partial charge in [0.05, 0.1) is 10.0 Å². The van der Waals surface area contributed by atoms with Crippen molar-refractivity contribution in [3.05, 3.63) is 27.7 Å². The lowest BCUT2D eigenvalue weighted by molar-refractivity contribution is -0.140. The summed E-state index contributed by atoms with van der Waals surface area (Å²) in [6.45, 7) is 0.475. The molecule has 0 aliphatic carbocycles. The lowest BCUT2D eigenvalue weighted by Gasteiger charge is -2.33. The Morgan fingerprint density at radius 2 is 2.05 bits per heavy atom. The van der Waals surface area contributed by atoms with Gasteiger partial charge in [0.15, 0.2) is 0 Å². The minimum absolute atomic E-state index is 0.0433. The van der Waals surface area contributed by atoms with Gasteiger partial charge >= 0.3 is 0 Å². The van der Waals surface area contributed by atoms with Crippen LogP contribution in [0.25, 0.3) is 0 Å². The number of hydrogen-bond donors (Lipinski definition) is 2. The number of carbonyl (C=O) groups is 2. The van der Waals surface area contributed by atoms with Gasteiger partial charge in [0.1, 0.15) is 5.75 Å². The number of rotatable bonds is 2. The zero-order chi connectivity index (χ0) is 16.0. The molecule has 2 fully saturated rings. The third-order valence-corrected chi connectivity index (χ3v) is 5.45. The molecule has 2 saturated heterocycles. The Kier molecular flexibility index (Phi) is 3.95. The van der Waals surface area contributed by atoms with Crippen molar-refractivity contribution in [1.29, 1.82) is 0 Å². The number of nitrogens with zero attached hydrogens (tertiary/aromatic N) is 1. The highest BCUT2D eigenvalue weighted by molar-refractivity contribution is 6.42. The molecule has 3 N–H and O–H groups in total. The number of amides is 2. The van der Waals surface area contributed by atoms with Crippen molar-refractivity contribution in [2.24, 2.45) is 11.7 Å². The molecule has 0 bridgehead atoms. The second-order valence-electron chi connectivity index (χ2n) is 5.97. The number of nitrogens with two attached hydrogens (primary N) is 1. The number of benzene rings is 1. The minimum Gasteiger partial charge on any atom is -0.508 e. The average molecular weight is 343 g/mol. The fraction of sp³-hybridized carbons (Fsp3) is 0.467. The molecule has 0 radical (unpaired) electrons. The molecule has 2 heterocycles. The van der Waals surface area contributed by atoms with Crippen LogP contribution < -0.4 is 5.73 Å². The SMILES string of the molecule is NC(=O)[C@H]1CC(=O)N2C[C@@H](c3c(O)ccc(Cl)c3Cl)C[C@H]2C1. The smallest absolute Gasteiger partial charge is 0.223 e. The van der Waals surface area contributed by atoms with E-state index < -0.39 is 11.8 Å². The van der Waals surface area contributed by atoms with Crippen LogP contribution in [0.3, 0.4) is 0 Å². The number of carbonyl (C=O) groups excluding carboxylic acids is 2. The molecule has 3 atom stereocenters. The van der Waals surface area contributed by atoms with E-state index in [0.29, 0.717) is 35.0 Å². The van der Waals surface area contributed by atoms with E-state index >= 15 is 0 Å². The highest BCUT2D eigenvalue weighted by Gasteiger charge is 2.43. The zero-order valence-electron chi connectivity index (χ0n) is 11.8. The molecule has 22 heavy (non-hydrogen) atoms. The van der Waals surface area contributed by atoms with Crippen LogP contribution in [0.5, 0.6) is 5.75 Å². The van der Waals surface area contributed by atoms with Gasteiger partial charge in [-0.3, -0.25) is 9.59 Å². The Hall–Kier alpha value is -1.46. The van der Waals surface area contributed by atoms with E-state index in [2.05, 4.69) is 0 Å². The molecule has 1 aromatic carbocycles. The maximum absolute atomic E-state index is 12.2. The van der Waals surface area contributed by atoms with Crippen LogP contribution in [0.4, 0.5) is 0 Å². The van der Waals surface area contributed by atoms with Crippen LogP contribution in [-0.2, 0) is 9.59 Å². The van der Waals surface area contributed by atoms with E-state index in [4.69, 9.17) is 28.9 Å². The van der Waals surface area contributed by atoms with Crippen LogP contribution in [0.1, 0.15) is 30.7 Å². The van der Waals surface area contributed by atoms with E-state index in [9.17, 15) is 14.7 Å². The molecule has 2 aliphatic rings. The average Bonchev–Trinajstić information content (AvgIpc) is 2.87. The van der Waals surface area contributed by atoms with Crippen LogP contribution in [0, 0.1) is 5.92 Å². The van der Waals surface area contributed by atoms with E-state index in [-0.39, 0.29) is 30.0 Å². The standard InChI is InChI=1S/C15H16Cl2N2O3/c16-10-1-2-11(20)13(14(10)17)8-4-9-3-7(15(18)22)5-12(21)19(9)6-8/h1-2,7-9,20H,3-6H2,(H2,18,22)/t7-,8+,9-/m1/s1. The van der Waals surface area contributed by atoms with Crippen molar-refractivity contribution in [2.75, 3.05) is 6.54 Å². The molecule has 118 valence electrons. The zero-order valence-corrected chi connectivity index (χ0v) is 13.3. The molecule has 7 heteroatoms. The van der Waals surface area contributed by atoms with Crippen molar-refractivity contribution in [3.8, 4) is 5.75 Å². The first-order chi connectivity index (χ1) is 10.4. The van der Waals surface area contributed by atoms with Crippen molar-refractivity contribution in [2.45, 2.75) is 31.2 Å². The first kappa shape index (κ1) is 15.4. The summed E-state index contributed by atoms with van der Waals surface area (Å²) in [5.41, 5.74) is 5.91. The summed E-state index contributed by atoms with van der Waals surface area (Å²) < 4.78 is 0. The fourth-order valence-electron chi connectivity index (χ4n) is 3.56. The summed E-state index contributed by atoms with van der Waals surface area (Å²) >= 11 is 12.2. The van der Waals surface area contributed by atoms with E-state index in [1.54, 1.807) is 11.0 Å². The van der Waals surface area contributed by atoms with E-state index in [1.807, 2.05) is 0 Å². The van der Waals surface area contributed by atoms with Gasteiger partial charge in [0, 0.05) is 36.4 Å². The molecule has 0 unspecified atom stereocenters. The lowest BCUT2D eigenvalue weighted by Crippen LogP contribution is -2.45. The molecule has 0 saturated carbocycles. The number of piperidine rings is 1. The highest BCUT2D eigenvalue weighted by Crippen LogP contribution is 2.45. The fourth-order valence-corrected chi connectivity index (χ4v) is 4.03. The molecular formula is C15H16Cl2N2O3. The second kappa shape index (κ2) is 5.63. The molecule has 0 spiro atoms. The topological polar surface area (TPSA) is 83.6 Å². The summed E-state index contributed by atoms with van der Waals surface area (Å²) in [5, 5.41) is 10.8. The first-order valence-electron chi connectivity index (χ1n) is 7.14. The molecule has 2 amide bonds. The number of fused-ring (bicyclic) bond motifs is 1. The third-order valence-electron chi connectivity index (χ3n) is 4.63. The van der Waals surface area contributed by atoms with Gasteiger partial charge in [0.25, 0.3) is 0 Å². The number of hydrogen-bond acceptors (Lipinski definition) is 3. The first-order valence-corrected chi connectivity index (χ1v) is 7.89. The highest BCUT2D eigenvalue weighted by atomic mass is 35.5. The summed E-state index contributed by atoms with van der Waals surface area (Å²) in [5.74, 6) is -0.916. The van der Waals surface area contributed by atoms with Crippen LogP contribution in [0.15, 0.2) is 12.1 Å². The van der Waals surface area contributed by atoms with Crippen molar-refractivity contribution >= 4 is 35.0 Å². The largest absolute Gasteiger partial charge is 0.508 e. The Morgan fingerprint density at radius 1 is 1.32 bits per heavy atom. The Morgan fingerprint density at radius 3 is 2.73 bits per heavy atom. The van der Waals surface area contributed by atoms with Crippen LogP contribution in [-0.4, -0.2) is 34.4 Å². The third kappa shape index (κ3) is 2.52. The minimum atomic E-state index is -0.430. The Labute approximate surface area is 138 Å². The van der Waals surface area contributed by atoms with Gasteiger partial charge in [-0.15, -0.1) is 0 Å². The molecule has 2 aliphatic heterocycles. The number of phenolic OH excluding ortho intramolecular Hbond substituents is 1. The van der Waals surface area contributed by atoms with Crippen molar-refractivity contribution in [1.82, 2.24) is 4.90 Å². The van der Waals surface area contributed by atoms with Crippen molar-refractivity contribution < 1.29 is 14.7 Å². The van der Waals surface area contributed by atoms with E-state index in [1.165, 1.54) is 6.07 Å². The summed E-state index contributed by atoms with van der Waals surface area (Å²) in [6, 6.07) is 3.01. The normalized spacial score (nSPS) is 27.8. The number of phenols is 1. The van der Waals surface area contributed by atoms with Crippen molar-refractivity contribution in [3.63, 3.8) is 0 Å². The second-order valence-corrected chi connectivity index (χ2v) is 6.75. The molecule has 1 aromatic rings.